The number of aromatic nitrogens is 4. The van der Waals surface area contributed by atoms with Gasteiger partial charge in [-0.15, -0.1) is 5.10 Å². The summed E-state index contributed by atoms with van der Waals surface area (Å²) in [7, 11) is 0. The van der Waals surface area contributed by atoms with Crippen LogP contribution in [0.15, 0.2) is 62.9 Å². The fraction of sp³-hybridized carbons (Fsp3) is 0.0952. The molecule has 8 nitrogen and oxygen atoms in total. The molecular formula is C21H15N5O3. The molecular weight excluding hydrogens is 370 g/mol. The predicted octanol–water partition coefficient (Wildman–Crippen LogP) is 2.55. The van der Waals surface area contributed by atoms with Gasteiger partial charge in [0.2, 0.25) is 0 Å². The minimum Gasteiger partial charge on any atom is -0.468 e. The average Bonchev–Trinajstić information content (AvgIpc) is 3.17. The van der Waals surface area contributed by atoms with Crippen molar-refractivity contribution in [3.8, 4) is 28.5 Å². The van der Waals surface area contributed by atoms with Crippen molar-refractivity contribution in [1.82, 2.24) is 20.2 Å². The van der Waals surface area contributed by atoms with Gasteiger partial charge >= 0.3 is 5.69 Å². The summed E-state index contributed by atoms with van der Waals surface area (Å²) < 4.78 is 5.69. The van der Waals surface area contributed by atoms with Crippen molar-refractivity contribution in [2.24, 2.45) is 0 Å². The molecule has 1 aromatic carbocycles. The maximum Gasteiger partial charge on any atom is 0.325 e. The van der Waals surface area contributed by atoms with Gasteiger partial charge in [0.1, 0.15) is 11.5 Å². The number of aromatic amines is 2. The van der Waals surface area contributed by atoms with Crippen LogP contribution in [0.5, 0.6) is 0 Å². The van der Waals surface area contributed by atoms with Crippen LogP contribution >= 0.6 is 0 Å². The van der Waals surface area contributed by atoms with Crippen molar-refractivity contribution in [1.29, 1.82) is 5.26 Å². The molecule has 0 saturated carbocycles. The van der Waals surface area contributed by atoms with Crippen molar-refractivity contribution in [3.05, 3.63) is 92.3 Å². The Hall–Kier alpha value is -4.25. The lowest BCUT2D eigenvalue weighted by molar-refractivity contribution is 0.521. The van der Waals surface area contributed by atoms with Crippen molar-refractivity contribution in [3.63, 3.8) is 0 Å². The number of aryl methyl sites for hydroxylation is 1. The molecule has 0 atom stereocenters. The second kappa shape index (κ2) is 7.40. The van der Waals surface area contributed by atoms with Crippen LogP contribution in [0.4, 0.5) is 0 Å². The molecule has 0 aliphatic rings. The Bertz CT molecular complexity index is 1340. The molecule has 0 unspecified atom stereocenters. The molecule has 0 aliphatic heterocycles. The SMILES string of the molecule is Cc1nnc(-c2c[nH]c(=O)[nH]c2=O)cc1-c1coc(Cc2ccc(C#N)cc2)c1. The van der Waals surface area contributed by atoms with E-state index >= 15 is 0 Å². The van der Waals surface area contributed by atoms with Crippen LogP contribution in [-0.4, -0.2) is 20.2 Å². The van der Waals surface area contributed by atoms with Crippen molar-refractivity contribution >= 4 is 0 Å². The van der Waals surface area contributed by atoms with E-state index in [0.29, 0.717) is 23.4 Å². The summed E-state index contributed by atoms with van der Waals surface area (Å²) >= 11 is 0. The standard InChI is InChI=1S/C21H15N5O3/c1-12-17(8-19(26-25-12)18-10-23-21(28)24-20(18)27)15-7-16(29-11-15)6-13-2-4-14(9-22)5-3-13/h2-5,7-8,10-11H,6H2,1H3,(H2,23,24,27,28). The Labute approximate surface area is 164 Å². The van der Waals surface area contributed by atoms with Gasteiger partial charge in [0.25, 0.3) is 5.56 Å². The van der Waals surface area contributed by atoms with Gasteiger partial charge in [-0.3, -0.25) is 9.78 Å². The maximum atomic E-state index is 12.0. The number of benzene rings is 1. The highest BCUT2D eigenvalue weighted by Crippen LogP contribution is 2.27. The van der Waals surface area contributed by atoms with E-state index in [1.807, 2.05) is 25.1 Å². The number of nitriles is 1. The highest BCUT2D eigenvalue weighted by atomic mass is 16.3. The van der Waals surface area contributed by atoms with E-state index in [4.69, 9.17) is 9.68 Å². The molecule has 29 heavy (non-hydrogen) atoms. The molecule has 0 fully saturated rings. The van der Waals surface area contributed by atoms with Gasteiger partial charge in [-0.25, -0.2) is 4.79 Å². The molecule has 0 saturated heterocycles. The van der Waals surface area contributed by atoms with E-state index in [1.54, 1.807) is 24.5 Å². The third-order valence-corrected chi connectivity index (χ3v) is 4.50. The van der Waals surface area contributed by atoms with Gasteiger partial charge in [0.15, 0.2) is 0 Å². The average molecular weight is 385 g/mol. The van der Waals surface area contributed by atoms with E-state index < -0.39 is 11.2 Å². The Balaban J connectivity index is 1.65. The number of hydrogen-bond acceptors (Lipinski definition) is 6. The van der Waals surface area contributed by atoms with Crippen LogP contribution in [0.25, 0.3) is 22.4 Å². The number of nitrogens with one attached hydrogen (secondary N) is 2. The van der Waals surface area contributed by atoms with Gasteiger partial charge in [-0.1, -0.05) is 12.1 Å². The molecule has 4 rings (SSSR count). The Morgan fingerprint density at radius 3 is 2.62 bits per heavy atom. The molecule has 3 heterocycles. The monoisotopic (exact) mass is 385 g/mol. The Morgan fingerprint density at radius 2 is 1.90 bits per heavy atom. The first-order valence-corrected chi connectivity index (χ1v) is 8.77. The minimum absolute atomic E-state index is 0.222. The largest absolute Gasteiger partial charge is 0.468 e. The van der Waals surface area contributed by atoms with Gasteiger partial charge < -0.3 is 9.40 Å². The van der Waals surface area contributed by atoms with E-state index in [-0.39, 0.29) is 5.56 Å². The highest BCUT2D eigenvalue weighted by molar-refractivity contribution is 5.70. The quantitative estimate of drug-likeness (QED) is 0.555. The number of hydrogen-bond donors (Lipinski definition) is 2. The second-order valence-electron chi connectivity index (χ2n) is 6.50. The molecule has 0 radical (unpaired) electrons. The van der Waals surface area contributed by atoms with E-state index in [1.165, 1.54) is 6.20 Å². The summed E-state index contributed by atoms with van der Waals surface area (Å²) in [5.74, 6) is 0.754. The van der Waals surface area contributed by atoms with Crippen molar-refractivity contribution in [2.75, 3.05) is 0 Å². The molecule has 8 heteroatoms. The zero-order valence-electron chi connectivity index (χ0n) is 15.4. The molecule has 0 spiro atoms. The molecule has 2 N–H and O–H groups in total. The van der Waals surface area contributed by atoms with Crippen LogP contribution < -0.4 is 11.2 Å². The second-order valence-corrected chi connectivity index (χ2v) is 6.50. The summed E-state index contributed by atoms with van der Waals surface area (Å²) in [6, 6.07) is 13.1. The van der Waals surface area contributed by atoms with Crippen LogP contribution in [0.2, 0.25) is 0 Å². The fourth-order valence-corrected chi connectivity index (χ4v) is 2.99. The molecule has 0 bridgehead atoms. The Kier molecular flexibility index (Phi) is 4.63. The molecule has 4 aromatic rings. The van der Waals surface area contributed by atoms with Gasteiger partial charge in [-0.05, 0) is 36.8 Å². The smallest absolute Gasteiger partial charge is 0.325 e. The van der Waals surface area contributed by atoms with E-state index in [9.17, 15) is 9.59 Å². The summed E-state index contributed by atoms with van der Waals surface area (Å²) in [6.07, 6.45) is 3.52. The Morgan fingerprint density at radius 1 is 1.10 bits per heavy atom. The number of rotatable bonds is 4. The van der Waals surface area contributed by atoms with Crippen molar-refractivity contribution in [2.45, 2.75) is 13.3 Å². The number of H-pyrrole nitrogens is 2. The number of furan rings is 1. The van der Waals surface area contributed by atoms with E-state index in [2.05, 4.69) is 26.2 Å². The topological polar surface area (TPSA) is 128 Å². The van der Waals surface area contributed by atoms with Crippen LogP contribution in [-0.2, 0) is 6.42 Å². The van der Waals surface area contributed by atoms with E-state index in [0.717, 1.165) is 22.5 Å². The minimum atomic E-state index is -0.582. The summed E-state index contributed by atoms with van der Waals surface area (Å²) in [6.45, 7) is 1.82. The first kappa shape index (κ1) is 18.1. The zero-order valence-corrected chi connectivity index (χ0v) is 15.4. The molecule has 3 aromatic heterocycles. The first-order valence-electron chi connectivity index (χ1n) is 8.77. The maximum absolute atomic E-state index is 12.0. The molecule has 142 valence electrons. The lowest BCUT2D eigenvalue weighted by Gasteiger charge is -2.04. The van der Waals surface area contributed by atoms with Gasteiger partial charge in [-0.2, -0.15) is 10.4 Å². The lowest BCUT2D eigenvalue weighted by atomic mass is 10.0. The number of nitrogens with zero attached hydrogens (tertiary/aromatic N) is 3. The first-order chi connectivity index (χ1) is 14.0. The summed E-state index contributed by atoms with van der Waals surface area (Å²) in [4.78, 5) is 27.9. The lowest BCUT2D eigenvalue weighted by Crippen LogP contribution is -2.22. The van der Waals surface area contributed by atoms with Crippen molar-refractivity contribution < 1.29 is 4.42 Å². The zero-order chi connectivity index (χ0) is 20.4. The van der Waals surface area contributed by atoms with Crippen LogP contribution in [0.1, 0.15) is 22.6 Å². The molecule has 0 aliphatic carbocycles. The van der Waals surface area contributed by atoms with Crippen LogP contribution in [0.3, 0.4) is 0 Å². The predicted molar refractivity (Wildman–Crippen MR) is 105 cm³/mol. The highest BCUT2D eigenvalue weighted by Gasteiger charge is 2.13. The third-order valence-electron chi connectivity index (χ3n) is 4.50. The summed E-state index contributed by atoms with van der Waals surface area (Å²) in [5.41, 5.74) is 3.34. The third kappa shape index (κ3) is 3.75. The fourth-order valence-electron chi connectivity index (χ4n) is 2.99. The van der Waals surface area contributed by atoms with Crippen LogP contribution in [0, 0.1) is 18.3 Å². The normalized spacial score (nSPS) is 10.6. The molecule has 0 amide bonds. The van der Waals surface area contributed by atoms with Gasteiger partial charge in [0.05, 0.1) is 29.2 Å². The summed E-state index contributed by atoms with van der Waals surface area (Å²) in [5, 5.41) is 17.1. The van der Waals surface area contributed by atoms with Gasteiger partial charge in [0, 0.05) is 23.7 Å².